The SMILES string of the molecule is COc1cccc(/C=C2\SC(=O)N(Cc3ccc(F)cc3)C2=O)c1OC(=O)c1ccccc1Cl. The molecule has 0 aliphatic carbocycles. The maximum Gasteiger partial charge on any atom is 0.345 e. The van der Waals surface area contributed by atoms with Crippen LogP contribution in [0.1, 0.15) is 21.5 Å². The molecule has 6 nitrogen and oxygen atoms in total. The van der Waals surface area contributed by atoms with Gasteiger partial charge in [0.2, 0.25) is 0 Å². The van der Waals surface area contributed by atoms with Gasteiger partial charge in [-0.1, -0.05) is 48.0 Å². The molecule has 2 amide bonds. The highest BCUT2D eigenvalue weighted by Gasteiger charge is 2.35. The quantitative estimate of drug-likeness (QED) is 0.238. The minimum Gasteiger partial charge on any atom is -0.493 e. The Balaban J connectivity index is 1.63. The molecule has 1 aliphatic heterocycles. The smallest absolute Gasteiger partial charge is 0.345 e. The zero-order valence-electron chi connectivity index (χ0n) is 17.8. The largest absolute Gasteiger partial charge is 0.493 e. The van der Waals surface area contributed by atoms with Crippen molar-refractivity contribution in [2.24, 2.45) is 0 Å². The molecule has 3 aromatic carbocycles. The Labute approximate surface area is 203 Å². The third-order valence-electron chi connectivity index (χ3n) is 4.93. The molecule has 0 atom stereocenters. The van der Waals surface area contributed by atoms with Crippen LogP contribution in [0.4, 0.5) is 9.18 Å². The average molecular weight is 498 g/mol. The van der Waals surface area contributed by atoms with Crippen molar-refractivity contribution < 1.29 is 28.2 Å². The monoisotopic (exact) mass is 497 g/mol. The minimum absolute atomic E-state index is 0.00868. The van der Waals surface area contributed by atoms with Gasteiger partial charge in [0.25, 0.3) is 11.1 Å². The Hall–Kier alpha value is -3.62. The summed E-state index contributed by atoms with van der Waals surface area (Å²) < 4.78 is 24.1. The first kappa shape index (κ1) is 23.5. The van der Waals surface area contributed by atoms with Crippen molar-refractivity contribution in [2.75, 3.05) is 7.11 Å². The Morgan fingerprint density at radius 1 is 1.06 bits per heavy atom. The number of methoxy groups -OCH3 is 1. The fraction of sp³-hybridized carbons (Fsp3) is 0.0800. The molecule has 0 bridgehead atoms. The summed E-state index contributed by atoms with van der Waals surface area (Å²) in [6, 6.07) is 16.9. The summed E-state index contributed by atoms with van der Waals surface area (Å²) in [6.45, 7) is 0.00868. The molecule has 0 saturated carbocycles. The van der Waals surface area contributed by atoms with Crippen molar-refractivity contribution in [3.05, 3.63) is 99.2 Å². The molecule has 1 fully saturated rings. The van der Waals surface area contributed by atoms with Gasteiger partial charge in [-0.25, -0.2) is 9.18 Å². The predicted molar refractivity (Wildman–Crippen MR) is 127 cm³/mol. The number of hydrogen-bond donors (Lipinski definition) is 0. The first-order chi connectivity index (χ1) is 16.4. The van der Waals surface area contributed by atoms with Gasteiger partial charge >= 0.3 is 5.97 Å². The van der Waals surface area contributed by atoms with E-state index in [1.54, 1.807) is 36.4 Å². The highest BCUT2D eigenvalue weighted by Crippen LogP contribution is 2.38. The highest BCUT2D eigenvalue weighted by atomic mass is 35.5. The van der Waals surface area contributed by atoms with E-state index in [1.807, 2.05) is 0 Å². The molecule has 1 heterocycles. The van der Waals surface area contributed by atoms with Crippen LogP contribution >= 0.6 is 23.4 Å². The Kier molecular flexibility index (Phi) is 7.00. The summed E-state index contributed by atoms with van der Waals surface area (Å²) in [6.07, 6.45) is 1.47. The van der Waals surface area contributed by atoms with Crippen LogP contribution in [-0.2, 0) is 11.3 Å². The number of esters is 1. The fourth-order valence-corrected chi connectivity index (χ4v) is 4.28. The molecule has 0 unspecified atom stereocenters. The number of ether oxygens (including phenoxy) is 2. The van der Waals surface area contributed by atoms with Crippen molar-refractivity contribution in [3.63, 3.8) is 0 Å². The van der Waals surface area contributed by atoms with Gasteiger partial charge in [0.1, 0.15) is 5.82 Å². The number of rotatable bonds is 6. The van der Waals surface area contributed by atoms with Crippen molar-refractivity contribution in [2.45, 2.75) is 6.54 Å². The molecule has 4 rings (SSSR count). The van der Waals surface area contributed by atoms with E-state index < -0.39 is 22.9 Å². The Morgan fingerprint density at radius 2 is 1.79 bits per heavy atom. The van der Waals surface area contributed by atoms with E-state index in [1.165, 1.54) is 43.5 Å². The van der Waals surface area contributed by atoms with Crippen molar-refractivity contribution >= 4 is 46.6 Å². The predicted octanol–water partition coefficient (Wildman–Crippen LogP) is 5.94. The lowest BCUT2D eigenvalue weighted by Gasteiger charge is -2.13. The van der Waals surface area contributed by atoms with Crippen LogP contribution in [-0.4, -0.2) is 29.1 Å². The van der Waals surface area contributed by atoms with Crippen LogP contribution in [0, 0.1) is 5.82 Å². The lowest BCUT2D eigenvalue weighted by molar-refractivity contribution is -0.123. The maximum atomic E-state index is 13.2. The van der Waals surface area contributed by atoms with Gasteiger partial charge in [0.05, 0.1) is 29.1 Å². The van der Waals surface area contributed by atoms with Gasteiger partial charge < -0.3 is 9.47 Å². The second-order valence-corrected chi connectivity index (χ2v) is 8.54. The minimum atomic E-state index is -0.700. The van der Waals surface area contributed by atoms with E-state index in [9.17, 15) is 18.8 Å². The number of hydrogen-bond acceptors (Lipinski definition) is 6. The van der Waals surface area contributed by atoms with E-state index in [0.29, 0.717) is 11.1 Å². The molecule has 34 heavy (non-hydrogen) atoms. The number of carbonyl (C=O) groups excluding carboxylic acids is 3. The average Bonchev–Trinajstić information content (AvgIpc) is 3.09. The molecule has 1 aliphatic rings. The summed E-state index contributed by atoms with van der Waals surface area (Å²) in [5, 5.41) is -0.232. The molecule has 0 spiro atoms. The van der Waals surface area contributed by atoms with Gasteiger partial charge in [-0.15, -0.1) is 0 Å². The summed E-state index contributed by atoms with van der Waals surface area (Å²) in [4.78, 5) is 39.4. The molecule has 3 aromatic rings. The zero-order chi connectivity index (χ0) is 24.2. The van der Waals surface area contributed by atoms with Crippen LogP contribution in [0.25, 0.3) is 6.08 Å². The Bertz CT molecular complexity index is 1310. The first-order valence-electron chi connectivity index (χ1n) is 10.0. The van der Waals surface area contributed by atoms with Crippen LogP contribution in [0.15, 0.2) is 71.6 Å². The number of halogens is 2. The number of nitrogens with zero attached hydrogens (tertiary/aromatic N) is 1. The van der Waals surface area contributed by atoms with Crippen LogP contribution < -0.4 is 9.47 Å². The third kappa shape index (κ3) is 4.98. The van der Waals surface area contributed by atoms with Gasteiger partial charge in [0, 0.05) is 5.56 Å². The molecule has 0 aromatic heterocycles. The molecular formula is C25H17ClFNO5S. The van der Waals surface area contributed by atoms with E-state index in [2.05, 4.69) is 0 Å². The standard InChI is InChI=1S/C25H17ClFNO5S/c1-32-20-8-4-5-16(22(20)33-24(30)18-6-2-3-7-19(18)26)13-21-23(29)28(25(31)34-21)14-15-9-11-17(27)12-10-15/h2-13H,14H2,1H3/b21-13-. The van der Waals surface area contributed by atoms with Crippen LogP contribution in [0.5, 0.6) is 11.5 Å². The van der Waals surface area contributed by atoms with Crippen LogP contribution in [0.2, 0.25) is 5.02 Å². The van der Waals surface area contributed by atoms with E-state index >= 15 is 0 Å². The molecule has 1 saturated heterocycles. The van der Waals surface area contributed by atoms with Crippen molar-refractivity contribution in [3.8, 4) is 11.5 Å². The summed E-state index contributed by atoms with van der Waals surface area (Å²) >= 11 is 6.87. The number of para-hydroxylation sites is 1. The number of imide groups is 1. The van der Waals surface area contributed by atoms with Crippen LogP contribution in [0.3, 0.4) is 0 Å². The highest BCUT2D eigenvalue weighted by molar-refractivity contribution is 8.18. The van der Waals surface area contributed by atoms with Crippen molar-refractivity contribution in [1.29, 1.82) is 0 Å². The van der Waals surface area contributed by atoms with Gasteiger partial charge in [-0.2, -0.15) is 0 Å². The zero-order valence-corrected chi connectivity index (χ0v) is 19.4. The second kappa shape index (κ2) is 10.1. The molecule has 9 heteroatoms. The van der Waals surface area contributed by atoms with Gasteiger partial charge in [-0.3, -0.25) is 14.5 Å². The van der Waals surface area contributed by atoms with Gasteiger partial charge in [0.15, 0.2) is 11.5 Å². The Morgan fingerprint density at radius 3 is 2.50 bits per heavy atom. The lowest BCUT2D eigenvalue weighted by atomic mass is 10.1. The van der Waals surface area contributed by atoms with Gasteiger partial charge in [-0.05, 0) is 53.7 Å². The number of amides is 2. The van der Waals surface area contributed by atoms with Crippen molar-refractivity contribution in [1.82, 2.24) is 4.90 Å². The summed E-state index contributed by atoms with van der Waals surface area (Å²) in [7, 11) is 1.42. The molecular weight excluding hydrogens is 481 g/mol. The molecule has 0 N–H and O–H groups in total. The topological polar surface area (TPSA) is 72.9 Å². The molecule has 0 radical (unpaired) electrons. The molecule has 172 valence electrons. The summed E-state index contributed by atoms with van der Waals surface area (Å²) in [5.74, 6) is -1.27. The maximum absolute atomic E-state index is 13.2. The number of benzene rings is 3. The van der Waals surface area contributed by atoms with E-state index in [0.717, 1.165) is 16.7 Å². The lowest BCUT2D eigenvalue weighted by Crippen LogP contribution is -2.27. The number of carbonyl (C=O) groups is 3. The third-order valence-corrected chi connectivity index (χ3v) is 6.17. The summed E-state index contributed by atoms with van der Waals surface area (Å²) in [5.41, 5.74) is 1.15. The normalized spacial score (nSPS) is 14.6. The van der Waals surface area contributed by atoms with E-state index in [4.69, 9.17) is 21.1 Å². The second-order valence-electron chi connectivity index (χ2n) is 7.14. The first-order valence-corrected chi connectivity index (χ1v) is 11.2. The number of thioether (sulfide) groups is 1. The fourth-order valence-electron chi connectivity index (χ4n) is 3.24. The van der Waals surface area contributed by atoms with E-state index in [-0.39, 0.29) is 33.5 Å².